The number of carbonyl (C=O) groups is 2. The third-order valence-electron chi connectivity index (χ3n) is 3.98. The number of carbonyl (C=O) groups excluding carboxylic acids is 2. The van der Waals surface area contributed by atoms with Crippen molar-refractivity contribution in [1.29, 1.82) is 0 Å². The smallest absolute Gasteiger partial charge is 0.254 e. The lowest BCUT2D eigenvalue weighted by atomic mass is 10.1. The summed E-state index contributed by atoms with van der Waals surface area (Å²) in [4.78, 5) is 28.3. The highest BCUT2D eigenvalue weighted by Gasteiger charge is 2.22. The summed E-state index contributed by atoms with van der Waals surface area (Å²) in [6, 6.07) is 7.68. The van der Waals surface area contributed by atoms with E-state index in [4.69, 9.17) is 0 Å². The maximum atomic E-state index is 12.6. The molecule has 4 heteroatoms. The average Bonchev–Trinajstić information content (AvgIpc) is 2.73. The van der Waals surface area contributed by atoms with Crippen LogP contribution in [-0.4, -0.2) is 47.8 Å². The van der Waals surface area contributed by atoms with Gasteiger partial charge in [0.15, 0.2) is 0 Å². The fraction of sp³-hybridized carbons (Fsp3) is 0.529. The Balaban J connectivity index is 2.01. The summed E-state index contributed by atoms with van der Waals surface area (Å²) in [6.45, 7) is 6.74. The van der Waals surface area contributed by atoms with Crippen molar-refractivity contribution in [2.45, 2.75) is 33.1 Å². The average molecular weight is 288 g/mol. The Morgan fingerprint density at radius 3 is 2.43 bits per heavy atom. The first-order valence-corrected chi connectivity index (χ1v) is 7.76. The number of benzene rings is 1. The lowest BCUT2D eigenvalue weighted by Gasteiger charge is -2.22. The second-order valence-corrected chi connectivity index (χ2v) is 5.59. The number of nitrogens with zero attached hydrogens (tertiary/aromatic N) is 2. The SMILES string of the molecule is CCCC(=O)N1CCCN(C(=O)c2ccccc2C)CC1. The molecular formula is C17H24N2O2. The third-order valence-corrected chi connectivity index (χ3v) is 3.98. The van der Waals surface area contributed by atoms with Crippen molar-refractivity contribution in [3.63, 3.8) is 0 Å². The summed E-state index contributed by atoms with van der Waals surface area (Å²) >= 11 is 0. The van der Waals surface area contributed by atoms with E-state index in [-0.39, 0.29) is 11.8 Å². The molecule has 1 aromatic rings. The molecular weight excluding hydrogens is 264 g/mol. The van der Waals surface area contributed by atoms with Gasteiger partial charge in [-0.25, -0.2) is 0 Å². The lowest BCUT2D eigenvalue weighted by molar-refractivity contribution is -0.131. The van der Waals surface area contributed by atoms with Crippen LogP contribution in [0.5, 0.6) is 0 Å². The first-order chi connectivity index (χ1) is 10.1. The van der Waals surface area contributed by atoms with Crippen molar-refractivity contribution in [3.05, 3.63) is 35.4 Å². The predicted octanol–water partition coefficient (Wildman–Crippen LogP) is 2.47. The number of hydrogen-bond donors (Lipinski definition) is 0. The van der Waals surface area contributed by atoms with Crippen LogP contribution in [0, 0.1) is 6.92 Å². The molecule has 1 heterocycles. The van der Waals surface area contributed by atoms with Crippen LogP contribution in [0.15, 0.2) is 24.3 Å². The Kier molecular flexibility index (Phi) is 5.37. The molecule has 1 aliphatic heterocycles. The predicted molar refractivity (Wildman–Crippen MR) is 83.2 cm³/mol. The summed E-state index contributed by atoms with van der Waals surface area (Å²) < 4.78 is 0. The fourth-order valence-corrected chi connectivity index (χ4v) is 2.73. The molecule has 0 spiro atoms. The minimum Gasteiger partial charge on any atom is -0.341 e. The van der Waals surface area contributed by atoms with E-state index >= 15 is 0 Å². The Hall–Kier alpha value is -1.84. The number of amides is 2. The molecule has 0 N–H and O–H groups in total. The van der Waals surface area contributed by atoms with E-state index in [1.807, 2.05) is 47.9 Å². The Morgan fingerprint density at radius 2 is 1.71 bits per heavy atom. The van der Waals surface area contributed by atoms with Gasteiger partial charge in [0.25, 0.3) is 5.91 Å². The largest absolute Gasteiger partial charge is 0.341 e. The normalized spacial score (nSPS) is 15.7. The van der Waals surface area contributed by atoms with Crippen LogP contribution in [0.4, 0.5) is 0 Å². The second kappa shape index (κ2) is 7.25. The Morgan fingerprint density at radius 1 is 1.05 bits per heavy atom. The highest BCUT2D eigenvalue weighted by atomic mass is 16.2. The van der Waals surface area contributed by atoms with Crippen molar-refractivity contribution in [2.24, 2.45) is 0 Å². The molecule has 1 saturated heterocycles. The number of aryl methyl sites for hydroxylation is 1. The van der Waals surface area contributed by atoms with E-state index in [1.54, 1.807) is 0 Å². The van der Waals surface area contributed by atoms with E-state index in [0.717, 1.165) is 37.1 Å². The van der Waals surface area contributed by atoms with Gasteiger partial charge < -0.3 is 9.80 Å². The second-order valence-electron chi connectivity index (χ2n) is 5.59. The molecule has 0 unspecified atom stereocenters. The lowest BCUT2D eigenvalue weighted by Crippen LogP contribution is -2.37. The van der Waals surface area contributed by atoms with Crippen molar-refractivity contribution >= 4 is 11.8 Å². The quantitative estimate of drug-likeness (QED) is 0.857. The van der Waals surface area contributed by atoms with Gasteiger partial charge in [0.2, 0.25) is 5.91 Å². The summed E-state index contributed by atoms with van der Waals surface area (Å²) in [7, 11) is 0. The first kappa shape index (κ1) is 15.5. The molecule has 0 aromatic heterocycles. The van der Waals surface area contributed by atoms with Gasteiger partial charge in [-0.1, -0.05) is 25.1 Å². The molecule has 2 rings (SSSR count). The number of rotatable bonds is 3. The summed E-state index contributed by atoms with van der Waals surface area (Å²) in [5, 5.41) is 0. The molecule has 1 fully saturated rings. The van der Waals surface area contributed by atoms with Crippen LogP contribution in [-0.2, 0) is 4.79 Å². The molecule has 114 valence electrons. The summed E-state index contributed by atoms with van der Waals surface area (Å²) in [5.41, 5.74) is 1.77. The molecule has 0 saturated carbocycles. The van der Waals surface area contributed by atoms with E-state index in [9.17, 15) is 9.59 Å². The van der Waals surface area contributed by atoms with Gasteiger partial charge >= 0.3 is 0 Å². The fourth-order valence-electron chi connectivity index (χ4n) is 2.73. The highest BCUT2D eigenvalue weighted by molar-refractivity contribution is 5.95. The third kappa shape index (κ3) is 3.84. The van der Waals surface area contributed by atoms with Gasteiger partial charge in [0, 0.05) is 38.2 Å². The van der Waals surface area contributed by atoms with E-state index in [1.165, 1.54) is 0 Å². The van der Waals surface area contributed by atoms with Crippen LogP contribution in [0.1, 0.15) is 42.1 Å². The minimum absolute atomic E-state index is 0.0814. The Labute approximate surface area is 126 Å². The van der Waals surface area contributed by atoms with Crippen LogP contribution in [0.3, 0.4) is 0 Å². The first-order valence-electron chi connectivity index (χ1n) is 7.76. The summed E-state index contributed by atoms with van der Waals surface area (Å²) in [5.74, 6) is 0.292. The standard InChI is InChI=1S/C17H24N2O2/c1-3-7-16(20)18-10-6-11-19(13-12-18)17(21)15-9-5-4-8-14(15)2/h4-5,8-9H,3,6-7,10-13H2,1-2H3. The molecule has 2 amide bonds. The molecule has 1 aromatic carbocycles. The summed E-state index contributed by atoms with van der Waals surface area (Å²) in [6.07, 6.45) is 2.33. The highest BCUT2D eigenvalue weighted by Crippen LogP contribution is 2.13. The van der Waals surface area contributed by atoms with Crippen molar-refractivity contribution in [2.75, 3.05) is 26.2 Å². The van der Waals surface area contributed by atoms with Crippen LogP contribution >= 0.6 is 0 Å². The molecule has 0 radical (unpaired) electrons. The Bertz CT molecular complexity index is 513. The van der Waals surface area contributed by atoms with Gasteiger partial charge in [-0.2, -0.15) is 0 Å². The van der Waals surface area contributed by atoms with Crippen LogP contribution in [0.25, 0.3) is 0 Å². The van der Waals surface area contributed by atoms with E-state index < -0.39 is 0 Å². The van der Waals surface area contributed by atoms with Crippen molar-refractivity contribution in [3.8, 4) is 0 Å². The van der Waals surface area contributed by atoms with E-state index in [2.05, 4.69) is 0 Å². The topological polar surface area (TPSA) is 40.6 Å². The molecule has 21 heavy (non-hydrogen) atoms. The minimum atomic E-state index is 0.0814. The van der Waals surface area contributed by atoms with Crippen molar-refractivity contribution < 1.29 is 9.59 Å². The zero-order valence-corrected chi connectivity index (χ0v) is 13.0. The monoisotopic (exact) mass is 288 g/mol. The van der Waals surface area contributed by atoms with Crippen LogP contribution in [0.2, 0.25) is 0 Å². The van der Waals surface area contributed by atoms with Crippen molar-refractivity contribution in [1.82, 2.24) is 9.80 Å². The maximum Gasteiger partial charge on any atom is 0.254 e. The van der Waals surface area contributed by atoms with Crippen LogP contribution < -0.4 is 0 Å². The van der Waals surface area contributed by atoms with Gasteiger partial charge in [0.05, 0.1) is 0 Å². The number of hydrogen-bond acceptors (Lipinski definition) is 2. The zero-order chi connectivity index (χ0) is 15.2. The zero-order valence-electron chi connectivity index (χ0n) is 13.0. The molecule has 0 aliphatic carbocycles. The molecule has 4 nitrogen and oxygen atoms in total. The molecule has 1 aliphatic rings. The van der Waals surface area contributed by atoms with Gasteiger partial charge in [0.1, 0.15) is 0 Å². The maximum absolute atomic E-state index is 12.6. The van der Waals surface area contributed by atoms with Gasteiger partial charge in [-0.15, -0.1) is 0 Å². The molecule has 0 atom stereocenters. The van der Waals surface area contributed by atoms with Gasteiger partial charge in [-0.05, 0) is 31.4 Å². The van der Waals surface area contributed by atoms with E-state index in [0.29, 0.717) is 19.5 Å². The van der Waals surface area contributed by atoms with Gasteiger partial charge in [-0.3, -0.25) is 9.59 Å². The molecule has 0 bridgehead atoms.